The zero-order valence-corrected chi connectivity index (χ0v) is 16.7. The molecule has 0 aliphatic carbocycles. The summed E-state index contributed by atoms with van der Waals surface area (Å²) in [4.78, 5) is 7.24. The summed E-state index contributed by atoms with van der Waals surface area (Å²) in [7, 11) is 0. The van der Waals surface area contributed by atoms with Gasteiger partial charge < -0.3 is 24.8 Å². The van der Waals surface area contributed by atoms with Gasteiger partial charge in [0.05, 0.1) is 39.1 Å². The zero-order chi connectivity index (χ0) is 18.5. The van der Waals surface area contributed by atoms with E-state index >= 15 is 0 Å². The average molecular weight is 371 g/mol. The van der Waals surface area contributed by atoms with Gasteiger partial charge in [0.2, 0.25) is 0 Å². The lowest BCUT2D eigenvalue weighted by molar-refractivity contribution is -0.0432. The Morgan fingerprint density at radius 1 is 1.15 bits per heavy atom. The highest BCUT2D eigenvalue weighted by atomic mass is 16.5. The number of nitrogens with zero attached hydrogens (tertiary/aromatic N) is 2. The number of morpholine rings is 1. The molecule has 0 aromatic heterocycles. The van der Waals surface area contributed by atoms with E-state index in [0.29, 0.717) is 32.4 Å². The van der Waals surface area contributed by atoms with Crippen molar-refractivity contribution in [1.82, 2.24) is 15.5 Å². The van der Waals surface area contributed by atoms with Crippen molar-refractivity contribution in [3.05, 3.63) is 0 Å². The predicted molar refractivity (Wildman–Crippen MR) is 105 cm³/mol. The monoisotopic (exact) mass is 370 g/mol. The van der Waals surface area contributed by atoms with E-state index < -0.39 is 0 Å². The normalized spacial score (nSPS) is 23.8. The van der Waals surface area contributed by atoms with Crippen LogP contribution in [0.25, 0.3) is 0 Å². The van der Waals surface area contributed by atoms with Crippen LogP contribution in [-0.2, 0) is 14.2 Å². The van der Waals surface area contributed by atoms with Crippen LogP contribution >= 0.6 is 0 Å². The topological polar surface area (TPSA) is 67.4 Å². The Morgan fingerprint density at radius 3 is 2.81 bits per heavy atom. The van der Waals surface area contributed by atoms with Gasteiger partial charge in [-0.1, -0.05) is 13.3 Å². The van der Waals surface area contributed by atoms with E-state index in [2.05, 4.69) is 34.4 Å². The molecule has 2 saturated heterocycles. The second-order valence-corrected chi connectivity index (χ2v) is 6.97. The Morgan fingerprint density at radius 2 is 2.00 bits per heavy atom. The molecule has 0 saturated carbocycles. The highest BCUT2D eigenvalue weighted by Gasteiger charge is 2.31. The molecule has 152 valence electrons. The number of hydrogen-bond donors (Lipinski definition) is 2. The van der Waals surface area contributed by atoms with Crippen LogP contribution in [0.5, 0.6) is 0 Å². The summed E-state index contributed by atoms with van der Waals surface area (Å²) < 4.78 is 17.0. The van der Waals surface area contributed by atoms with Crippen molar-refractivity contribution in [2.24, 2.45) is 4.99 Å². The molecule has 2 fully saturated rings. The van der Waals surface area contributed by atoms with Crippen molar-refractivity contribution < 1.29 is 14.2 Å². The van der Waals surface area contributed by atoms with Crippen LogP contribution in [0.15, 0.2) is 4.99 Å². The number of unbranched alkanes of at least 4 members (excludes halogenated alkanes) is 1. The first kappa shape index (κ1) is 21.4. The van der Waals surface area contributed by atoms with Gasteiger partial charge in [-0.2, -0.15) is 0 Å². The average Bonchev–Trinajstić information content (AvgIpc) is 3.12. The predicted octanol–water partition coefficient (Wildman–Crippen LogP) is 1.24. The standard InChI is InChI=1S/C19H38N4O3/c1-3-5-10-24-12-13-25-11-8-21-19(20-4-2)22-14-18-15-23-9-6-7-17(23)16-26-18/h17-18H,3-16H2,1-2H3,(H2,20,21,22). The van der Waals surface area contributed by atoms with Gasteiger partial charge >= 0.3 is 0 Å². The Kier molecular flexibility index (Phi) is 11.0. The van der Waals surface area contributed by atoms with E-state index in [9.17, 15) is 0 Å². The van der Waals surface area contributed by atoms with Crippen LogP contribution in [0.3, 0.4) is 0 Å². The third-order valence-corrected chi connectivity index (χ3v) is 4.81. The minimum absolute atomic E-state index is 0.205. The summed E-state index contributed by atoms with van der Waals surface area (Å²) in [5, 5.41) is 6.60. The molecule has 2 aliphatic rings. The number of nitrogens with one attached hydrogen (secondary N) is 2. The van der Waals surface area contributed by atoms with Gasteiger partial charge in [-0.15, -0.1) is 0 Å². The number of fused-ring (bicyclic) bond motifs is 1. The fourth-order valence-electron chi connectivity index (χ4n) is 3.34. The second kappa shape index (κ2) is 13.3. The van der Waals surface area contributed by atoms with Crippen LogP contribution in [0, 0.1) is 0 Å². The minimum Gasteiger partial charge on any atom is -0.379 e. The largest absolute Gasteiger partial charge is 0.379 e. The van der Waals surface area contributed by atoms with Gasteiger partial charge in [0.15, 0.2) is 5.96 Å². The van der Waals surface area contributed by atoms with E-state index in [1.807, 2.05) is 0 Å². The first-order valence-electron chi connectivity index (χ1n) is 10.4. The third-order valence-electron chi connectivity index (χ3n) is 4.81. The van der Waals surface area contributed by atoms with Crippen LogP contribution in [0.4, 0.5) is 0 Å². The van der Waals surface area contributed by atoms with E-state index in [1.54, 1.807) is 0 Å². The molecule has 2 N–H and O–H groups in total. The number of hydrogen-bond acceptors (Lipinski definition) is 5. The van der Waals surface area contributed by atoms with Crippen LogP contribution in [0.2, 0.25) is 0 Å². The van der Waals surface area contributed by atoms with Crippen LogP contribution in [0.1, 0.15) is 39.5 Å². The SMILES string of the molecule is CCCCOCCOCCNC(=NCC1CN2CCCC2CO1)NCC. The van der Waals surface area contributed by atoms with Crippen LogP contribution < -0.4 is 10.6 Å². The van der Waals surface area contributed by atoms with E-state index in [1.165, 1.54) is 25.8 Å². The number of rotatable bonds is 12. The maximum Gasteiger partial charge on any atom is 0.191 e. The van der Waals surface area contributed by atoms with Crippen molar-refractivity contribution in [2.75, 3.05) is 65.8 Å². The molecule has 2 heterocycles. The fraction of sp³-hybridized carbons (Fsp3) is 0.947. The summed E-state index contributed by atoms with van der Waals surface area (Å²) in [5.74, 6) is 0.836. The number of ether oxygens (including phenoxy) is 3. The molecule has 7 heteroatoms. The van der Waals surface area contributed by atoms with Gasteiger partial charge in [-0.05, 0) is 32.7 Å². The lowest BCUT2D eigenvalue weighted by Crippen LogP contribution is -2.47. The molecule has 0 aromatic rings. The first-order valence-corrected chi connectivity index (χ1v) is 10.4. The van der Waals surface area contributed by atoms with Crippen LogP contribution in [-0.4, -0.2) is 88.8 Å². The van der Waals surface area contributed by atoms with Crippen molar-refractivity contribution in [2.45, 2.75) is 51.7 Å². The molecule has 2 aliphatic heterocycles. The lowest BCUT2D eigenvalue weighted by Gasteiger charge is -2.34. The zero-order valence-electron chi connectivity index (χ0n) is 16.7. The molecule has 0 bridgehead atoms. The summed E-state index contributed by atoms with van der Waals surface area (Å²) >= 11 is 0. The molecular weight excluding hydrogens is 332 g/mol. The van der Waals surface area contributed by atoms with Crippen molar-refractivity contribution in [3.8, 4) is 0 Å². The molecule has 0 spiro atoms. The molecule has 0 aromatic carbocycles. The van der Waals surface area contributed by atoms with E-state index in [0.717, 1.165) is 45.2 Å². The van der Waals surface area contributed by atoms with Gasteiger partial charge in [-0.25, -0.2) is 0 Å². The molecule has 2 rings (SSSR count). The Balaban J connectivity index is 1.56. The van der Waals surface area contributed by atoms with Crippen molar-refractivity contribution in [1.29, 1.82) is 0 Å². The smallest absolute Gasteiger partial charge is 0.191 e. The summed E-state index contributed by atoms with van der Waals surface area (Å²) in [6.07, 6.45) is 5.08. The molecular formula is C19H38N4O3. The Hall–Kier alpha value is -0.890. The first-order chi connectivity index (χ1) is 12.8. The molecule has 2 unspecified atom stereocenters. The highest BCUT2D eigenvalue weighted by molar-refractivity contribution is 5.79. The summed E-state index contributed by atoms with van der Waals surface area (Å²) in [6.45, 7) is 12.4. The summed E-state index contributed by atoms with van der Waals surface area (Å²) in [6, 6.07) is 0.643. The maximum atomic E-state index is 5.98. The molecule has 2 atom stereocenters. The summed E-state index contributed by atoms with van der Waals surface area (Å²) in [5.41, 5.74) is 0. The second-order valence-electron chi connectivity index (χ2n) is 6.97. The number of guanidine groups is 1. The number of aliphatic imine (C=N–C) groups is 1. The molecule has 0 amide bonds. The van der Waals surface area contributed by atoms with Crippen molar-refractivity contribution in [3.63, 3.8) is 0 Å². The van der Waals surface area contributed by atoms with Gasteiger partial charge in [-0.3, -0.25) is 9.89 Å². The third kappa shape index (κ3) is 8.20. The Labute approximate surface area is 158 Å². The quantitative estimate of drug-likeness (QED) is 0.306. The Bertz CT molecular complexity index is 395. The highest BCUT2D eigenvalue weighted by Crippen LogP contribution is 2.22. The molecule has 0 radical (unpaired) electrons. The maximum absolute atomic E-state index is 5.98. The van der Waals surface area contributed by atoms with Crippen molar-refractivity contribution >= 4 is 5.96 Å². The van der Waals surface area contributed by atoms with Gasteiger partial charge in [0.1, 0.15) is 0 Å². The molecule has 7 nitrogen and oxygen atoms in total. The van der Waals surface area contributed by atoms with Gasteiger partial charge in [0.25, 0.3) is 0 Å². The molecule has 26 heavy (non-hydrogen) atoms. The fourth-order valence-corrected chi connectivity index (χ4v) is 3.34. The minimum atomic E-state index is 0.205. The van der Waals surface area contributed by atoms with E-state index in [-0.39, 0.29) is 6.10 Å². The van der Waals surface area contributed by atoms with E-state index in [4.69, 9.17) is 14.2 Å². The van der Waals surface area contributed by atoms with Gasteiger partial charge in [0, 0.05) is 32.3 Å². The lowest BCUT2D eigenvalue weighted by atomic mass is 10.2.